The summed E-state index contributed by atoms with van der Waals surface area (Å²) in [7, 11) is 0. The Morgan fingerprint density at radius 1 is 0.400 bits per heavy atom. The molecule has 1 heterocycles. The summed E-state index contributed by atoms with van der Waals surface area (Å²) < 4.78 is 2.69. The number of hydrogen-bond acceptors (Lipinski definition) is 1. The minimum atomic E-state index is 1.23. The van der Waals surface area contributed by atoms with Gasteiger partial charge in [0.25, 0.3) is 0 Å². The van der Waals surface area contributed by atoms with E-state index in [1.54, 1.807) is 0 Å². The first-order valence-electron chi connectivity index (χ1n) is 13.7. The van der Waals surface area contributed by atoms with Crippen molar-refractivity contribution in [2.45, 2.75) is 6.92 Å². The van der Waals surface area contributed by atoms with Crippen LogP contribution < -0.4 is 0 Å². The number of rotatable bonds is 5. The molecule has 1 heteroatoms. The van der Waals surface area contributed by atoms with Crippen LogP contribution in [0.4, 0.5) is 0 Å². The molecule has 0 radical (unpaired) electrons. The van der Waals surface area contributed by atoms with Gasteiger partial charge in [0.1, 0.15) is 0 Å². The molecule has 0 fully saturated rings. The zero-order chi connectivity index (χ0) is 26.9. The van der Waals surface area contributed by atoms with Crippen LogP contribution >= 0.6 is 11.3 Å². The lowest BCUT2D eigenvalue weighted by molar-refractivity contribution is 1.56. The molecular formula is C39H28S. The standard InChI is InChI=1S/C39H28S/c1-2-7-27-8-5-9-32(24-27)28-14-16-29(17-15-28)33-10-6-11-34(25-33)30-18-20-31(21-19-30)35-22-23-39-37(26-35)36-12-3-4-13-38(36)40-39/h2-26H,1H3/b7-2+. The largest absolute Gasteiger partial charge is 0.135 e. The quantitative estimate of drug-likeness (QED) is 0.208. The van der Waals surface area contributed by atoms with Crippen LogP contribution in [0.1, 0.15) is 12.5 Å². The van der Waals surface area contributed by atoms with Gasteiger partial charge in [-0.1, -0.05) is 121 Å². The van der Waals surface area contributed by atoms with Crippen LogP contribution in [0.3, 0.4) is 0 Å². The molecule has 1 aromatic heterocycles. The molecule has 0 spiro atoms. The van der Waals surface area contributed by atoms with Crippen molar-refractivity contribution in [2.75, 3.05) is 0 Å². The number of hydrogen-bond donors (Lipinski definition) is 0. The van der Waals surface area contributed by atoms with Crippen molar-refractivity contribution in [3.8, 4) is 44.5 Å². The maximum atomic E-state index is 2.34. The Bertz CT molecular complexity index is 1990. The van der Waals surface area contributed by atoms with Gasteiger partial charge >= 0.3 is 0 Å². The van der Waals surface area contributed by atoms with Crippen molar-refractivity contribution in [3.05, 3.63) is 151 Å². The van der Waals surface area contributed by atoms with Crippen molar-refractivity contribution < 1.29 is 0 Å². The Morgan fingerprint density at radius 3 is 1.52 bits per heavy atom. The van der Waals surface area contributed by atoms with Crippen molar-refractivity contribution >= 4 is 37.6 Å². The first kappa shape index (κ1) is 24.3. The number of benzene rings is 6. The minimum absolute atomic E-state index is 1.23. The van der Waals surface area contributed by atoms with E-state index in [0.29, 0.717) is 0 Å². The molecule has 0 aliphatic carbocycles. The lowest BCUT2D eigenvalue weighted by Gasteiger charge is -2.09. The zero-order valence-electron chi connectivity index (χ0n) is 22.3. The monoisotopic (exact) mass is 528 g/mol. The Morgan fingerprint density at radius 2 is 0.900 bits per heavy atom. The minimum Gasteiger partial charge on any atom is -0.135 e. The summed E-state index contributed by atoms with van der Waals surface area (Å²) in [5.41, 5.74) is 11.1. The van der Waals surface area contributed by atoms with Crippen molar-refractivity contribution in [2.24, 2.45) is 0 Å². The van der Waals surface area contributed by atoms with Crippen LogP contribution in [-0.4, -0.2) is 0 Å². The molecule has 0 N–H and O–H groups in total. The van der Waals surface area contributed by atoms with Gasteiger partial charge < -0.3 is 0 Å². The highest BCUT2D eigenvalue weighted by Crippen LogP contribution is 2.37. The molecule has 6 aromatic carbocycles. The van der Waals surface area contributed by atoms with E-state index in [1.165, 1.54) is 70.2 Å². The third-order valence-electron chi connectivity index (χ3n) is 7.59. The molecular weight excluding hydrogens is 500 g/mol. The summed E-state index contributed by atoms with van der Waals surface area (Å²) in [6.45, 7) is 2.05. The number of thiophene rings is 1. The Labute approximate surface area is 239 Å². The van der Waals surface area contributed by atoms with E-state index in [-0.39, 0.29) is 0 Å². The van der Waals surface area contributed by atoms with Gasteiger partial charge in [-0.15, -0.1) is 11.3 Å². The summed E-state index contributed by atoms with van der Waals surface area (Å²) in [6, 6.07) is 50.9. The molecule has 0 unspecified atom stereocenters. The highest BCUT2D eigenvalue weighted by molar-refractivity contribution is 7.25. The van der Waals surface area contributed by atoms with E-state index >= 15 is 0 Å². The van der Waals surface area contributed by atoms with Gasteiger partial charge in [0, 0.05) is 20.2 Å². The van der Waals surface area contributed by atoms with Gasteiger partial charge in [0.15, 0.2) is 0 Å². The fraction of sp³-hybridized carbons (Fsp3) is 0.0256. The van der Waals surface area contributed by atoms with Gasteiger partial charge in [-0.05, 0) is 87.3 Å². The number of allylic oxidation sites excluding steroid dienone is 1. The summed E-state index contributed by atoms with van der Waals surface area (Å²) in [6.07, 6.45) is 4.22. The van der Waals surface area contributed by atoms with Gasteiger partial charge in [0.05, 0.1) is 0 Å². The molecule has 7 rings (SSSR count). The average Bonchev–Trinajstić information content (AvgIpc) is 3.40. The van der Waals surface area contributed by atoms with Gasteiger partial charge in [-0.25, -0.2) is 0 Å². The Balaban J connectivity index is 1.15. The van der Waals surface area contributed by atoms with Crippen molar-refractivity contribution in [1.82, 2.24) is 0 Å². The smallest absolute Gasteiger partial charge is 0.0355 e. The van der Waals surface area contributed by atoms with Gasteiger partial charge in [-0.2, -0.15) is 0 Å². The maximum absolute atomic E-state index is 2.34. The normalized spacial score (nSPS) is 11.5. The molecule has 40 heavy (non-hydrogen) atoms. The lowest BCUT2D eigenvalue weighted by atomic mass is 9.95. The molecule has 0 aliphatic heterocycles. The second-order valence-electron chi connectivity index (χ2n) is 10.2. The second-order valence-corrected chi connectivity index (χ2v) is 11.3. The molecule has 7 aromatic rings. The molecule has 0 aliphatic rings. The third kappa shape index (κ3) is 4.66. The second kappa shape index (κ2) is 10.4. The fourth-order valence-electron chi connectivity index (χ4n) is 5.51. The van der Waals surface area contributed by atoms with E-state index in [2.05, 4.69) is 159 Å². The van der Waals surface area contributed by atoms with Crippen molar-refractivity contribution in [1.29, 1.82) is 0 Å². The predicted molar refractivity (Wildman–Crippen MR) is 176 cm³/mol. The first-order chi connectivity index (χ1) is 19.7. The molecule has 0 saturated heterocycles. The molecule has 190 valence electrons. The predicted octanol–water partition coefficient (Wildman–Crippen LogP) is 11.8. The zero-order valence-corrected chi connectivity index (χ0v) is 23.2. The fourth-order valence-corrected chi connectivity index (χ4v) is 6.59. The van der Waals surface area contributed by atoms with E-state index in [0.717, 1.165) is 0 Å². The summed E-state index contributed by atoms with van der Waals surface area (Å²) >= 11 is 1.86. The van der Waals surface area contributed by atoms with Crippen LogP contribution in [0.25, 0.3) is 70.8 Å². The highest BCUT2D eigenvalue weighted by Gasteiger charge is 2.08. The van der Waals surface area contributed by atoms with Gasteiger partial charge in [0.2, 0.25) is 0 Å². The van der Waals surface area contributed by atoms with E-state index in [1.807, 2.05) is 11.3 Å². The van der Waals surface area contributed by atoms with Crippen LogP contribution in [0.2, 0.25) is 0 Å². The van der Waals surface area contributed by atoms with E-state index < -0.39 is 0 Å². The van der Waals surface area contributed by atoms with E-state index in [4.69, 9.17) is 0 Å². The first-order valence-corrected chi connectivity index (χ1v) is 14.5. The van der Waals surface area contributed by atoms with E-state index in [9.17, 15) is 0 Å². The molecule has 0 amide bonds. The third-order valence-corrected chi connectivity index (χ3v) is 8.74. The highest BCUT2D eigenvalue weighted by atomic mass is 32.1. The van der Waals surface area contributed by atoms with Crippen LogP contribution in [0.5, 0.6) is 0 Å². The molecule has 0 nitrogen and oxygen atoms in total. The Hall–Kier alpha value is -4.72. The summed E-state index contributed by atoms with van der Waals surface area (Å²) in [5, 5.41) is 2.68. The van der Waals surface area contributed by atoms with Crippen LogP contribution in [0.15, 0.2) is 146 Å². The molecule has 0 bridgehead atoms. The average molecular weight is 529 g/mol. The maximum Gasteiger partial charge on any atom is 0.0355 e. The van der Waals surface area contributed by atoms with Crippen LogP contribution in [0, 0.1) is 0 Å². The van der Waals surface area contributed by atoms with Crippen molar-refractivity contribution in [3.63, 3.8) is 0 Å². The summed E-state index contributed by atoms with van der Waals surface area (Å²) in [5.74, 6) is 0. The SMILES string of the molecule is C/C=C/c1cccc(-c2ccc(-c3cccc(-c4ccc(-c5ccc6sc7ccccc7c6c5)cc4)c3)cc2)c1. The molecule has 0 saturated carbocycles. The lowest BCUT2D eigenvalue weighted by Crippen LogP contribution is -1.84. The van der Waals surface area contributed by atoms with Crippen LogP contribution in [-0.2, 0) is 0 Å². The van der Waals surface area contributed by atoms with Gasteiger partial charge in [-0.3, -0.25) is 0 Å². The summed E-state index contributed by atoms with van der Waals surface area (Å²) in [4.78, 5) is 0. The number of fused-ring (bicyclic) bond motifs is 3. The molecule has 0 atom stereocenters. The topological polar surface area (TPSA) is 0 Å². The Kier molecular flexibility index (Phi) is 6.36.